The summed E-state index contributed by atoms with van der Waals surface area (Å²) in [5, 5.41) is 0.787. The van der Waals surface area contributed by atoms with Crippen molar-refractivity contribution in [2.45, 2.75) is 12.8 Å². The van der Waals surface area contributed by atoms with Crippen LogP contribution in [0.4, 0.5) is 15.8 Å². The molecule has 2 N–H and O–H groups in total. The third-order valence-electron chi connectivity index (χ3n) is 6.22. The Balaban J connectivity index is 1.48. The summed E-state index contributed by atoms with van der Waals surface area (Å²) in [7, 11) is 1.59. The molecule has 4 aromatic rings. The van der Waals surface area contributed by atoms with E-state index in [1.54, 1.807) is 43.6 Å². The van der Waals surface area contributed by atoms with Crippen molar-refractivity contribution >= 4 is 50.0 Å². The SMILES string of the molecule is COc1cc2nccc(Oc3ccc(N(C(=O)C4(C(N)=O)CC4)c4ccc(F)cc4)cc3)c2cc1Br. The Morgan fingerprint density at radius 1 is 1.00 bits per heavy atom. The van der Waals surface area contributed by atoms with Gasteiger partial charge >= 0.3 is 0 Å². The van der Waals surface area contributed by atoms with E-state index in [9.17, 15) is 14.0 Å². The normalized spacial score (nSPS) is 13.8. The number of methoxy groups -OCH3 is 1. The number of primary amides is 1. The molecule has 1 fully saturated rings. The molecular formula is C27H21BrFN3O4. The van der Waals surface area contributed by atoms with Gasteiger partial charge in [-0.2, -0.15) is 0 Å². The molecule has 0 bridgehead atoms. The molecule has 0 spiro atoms. The van der Waals surface area contributed by atoms with Gasteiger partial charge < -0.3 is 15.2 Å². The zero-order valence-corrected chi connectivity index (χ0v) is 20.8. The molecule has 0 radical (unpaired) electrons. The second-order valence-electron chi connectivity index (χ2n) is 8.47. The Bertz CT molecular complexity index is 1470. The van der Waals surface area contributed by atoms with E-state index >= 15 is 0 Å². The Labute approximate surface area is 214 Å². The first kappa shape index (κ1) is 23.7. The Kier molecular flexibility index (Phi) is 6.09. The van der Waals surface area contributed by atoms with Crippen LogP contribution in [0.2, 0.25) is 0 Å². The maximum absolute atomic E-state index is 13.6. The van der Waals surface area contributed by atoms with E-state index in [4.69, 9.17) is 15.2 Å². The van der Waals surface area contributed by atoms with Gasteiger partial charge in [-0.05, 0) is 89.4 Å². The quantitative estimate of drug-likeness (QED) is 0.291. The second kappa shape index (κ2) is 9.23. The van der Waals surface area contributed by atoms with E-state index in [-0.39, 0.29) is 0 Å². The van der Waals surface area contributed by atoms with Crippen LogP contribution in [-0.4, -0.2) is 23.9 Å². The lowest BCUT2D eigenvalue weighted by Gasteiger charge is -2.26. The molecular weight excluding hydrogens is 529 g/mol. The van der Waals surface area contributed by atoms with Crippen LogP contribution in [0.25, 0.3) is 10.9 Å². The molecule has 182 valence electrons. The second-order valence-corrected chi connectivity index (χ2v) is 9.33. The fourth-order valence-electron chi connectivity index (χ4n) is 4.04. The lowest BCUT2D eigenvalue weighted by Crippen LogP contribution is -2.41. The van der Waals surface area contributed by atoms with Crippen LogP contribution in [0.3, 0.4) is 0 Å². The molecule has 0 aliphatic heterocycles. The number of anilines is 2. The van der Waals surface area contributed by atoms with E-state index in [1.807, 2.05) is 12.1 Å². The minimum absolute atomic E-state index is 0.384. The highest BCUT2D eigenvalue weighted by atomic mass is 79.9. The molecule has 1 aliphatic carbocycles. The molecule has 5 rings (SSSR count). The first-order valence-corrected chi connectivity index (χ1v) is 11.9. The molecule has 1 aliphatic rings. The number of halogens is 2. The zero-order valence-electron chi connectivity index (χ0n) is 19.2. The first-order valence-electron chi connectivity index (χ1n) is 11.1. The lowest BCUT2D eigenvalue weighted by molar-refractivity contribution is -0.133. The predicted molar refractivity (Wildman–Crippen MR) is 137 cm³/mol. The van der Waals surface area contributed by atoms with Gasteiger partial charge in [0.15, 0.2) is 0 Å². The molecule has 0 saturated heterocycles. The summed E-state index contributed by atoms with van der Waals surface area (Å²) in [6.07, 6.45) is 2.41. The summed E-state index contributed by atoms with van der Waals surface area (Å²) in [5.74, 6) is 0.251. The van der Waals surface area contributed by atoms with E-state index in [0.29, 0.717) is 47.0 Å². The van der Waals surface area contributed by atoms with Crippen LogP contribution >= 0.6 is 15.9 Å². The van der Waals surface area contributed by atoms with Crippen LogP contribution in [0.1, 0.15) is 12.8 Å². The highest BCUT2D eigenvalue weighted by Gasteiger charge is 2.57. The van der Waals surface area contributed by atoms with Crippen molar-refractivity contribution in [3.63, 3.8) is 0 Å². The van der Waals surface area contributed by atoms with Gasteiger partial charge in [0.05, 0.1) is 17.1 Å². The van der Waals surface area contributed by atoms with Crippen molar-refractivity contribution in [3.05, 3.63) is 83.2 Å². The van der Waals surface area contributed by atoms with Crippen molar-refractivity contribution in [1.82, 2.24) is 4.98 Å². The molecule has 3 aromatic carbocycles. The average molecular weight is 550 g/mol. The summed E-state index contributed by atoms with van der Waals surface area (Å²) >= 11 is 3.49. The number of fused-ring (bicyclic) bond motifs is 1. The molecule has 2 amide bonds. The van der Waals surface area contributed by atoms with E-state index in [1.165, 1.54) is 29.2 Å². The summed E-state index contributed by atoms with van der Waals surface area (Å²) in [6.45, 7) is 0. The average Bonchev–Trinajstić information content (AvgIpc) is 3.69. The third-order valence-corrected chi connectivity index (χ3v) is 6.84. The van der Waals surface area contributed by atoms with Gasteiger partial charge in [0, 0.05) is 29.0 Å². The summed E-state index contributed by atoms with van der Waals surface area (Å²) in [4.78, 5) is 31.3. The fraction of sp³-hybridized carbons (Fsp3) is 0.148. The van der Waals surface area contributed by atoms with Crippen molar-refractivity contribution < 1.29 is 23.5 Å². The van der Waals surface area contributed by atoms with Gasteiger partial charge in [-0.1, -0.05) is 0 Å². The Morgan fingerprint density at radius 3 is 2.22 bits per heavy atom. The van der Waals surface area contributed by atoms with E-state index < -0.39 is 23.0 Å². The number of hydrogen-bond acceptors (Lipinski definition) is 5. The number of nitrogens with zero attached hydrogens (tertiary/aromatic N) is 2. The fourth-order valence-corrected chi connectivity index (χ4v) is 4.54. The number of ether oxygens (including phenoxy) is 2. The standard InChI is InChI=1S/C27H21BrFN3O4/c1-35-24-15-22-20(14-21(24)28)23(10-13-31-22)36-19-8-6-18(7-9-19)32(17-4-2-16(29)3-5-17)26(34)27(11-12-27)25(30)33/h2-10,13-15H,11-12H2,1H3,(H2,30,33). The summed E-state index contributed by atoms with van der Waals surface area (Å²) in [6, 6.07) is 17.8. The van der Waals surface area contributed by atoms with Gasteiger partial charge in [0.25, 0.3) is 0 Å². The molecule has 0 unspecified atom stereocenters. The number of pyridine rings is 1. The van der Waals surface area contributed by atoms with E-state index in [0.717, 1.165) is 9.86 Å². The van der Waals surface area contributed by atoms with Crippen LogP contribution in [-0.2, 0) is 9.59 Å². The number of carbonyl (C=O) groups is 2. The van der Waals surface area contributed by atoms with Crippen LogP contribution in [0.5, 0.6) is 17.2 Å². The topological polar surface area (TPSA) is 94.8 Å². The van der Waals surface area contributed by atoms with E-state index in [2.05, 4.69) is 20.9 Å². The van der Waals surface area contributed by atoms with Crippen molar-refractivity contribution in [1.29, 1.82) is 0 Å². The van der Waals surface area contributed by atoms with Gasteiger partial charge in [-0.25, -0.2) is 4.39 Å². The molecule has 1 saturated carbocycles. The number of carbonyl (C=O) groups excluding carboxylic acids is 2. The largest absolute Gasteiger partial charge is 0.495 e. The van der Waals surface area contributed by atoms with Crippen molar-refractivity contribution in [2.24, 2.45) is 11.1 Å². The van der Waals surface area contributed by atoms with Crippen molar-refractivity contribution in [2.75, 3.05) is 12.0 Å². The highest BCUT2D eigenvalue weighted by Crippen LogP contribution is 2.49. The minimum atomic E-state index is -1.24. The molecule has 1 heterocycles. The predicted octanol–water partition coefficient (Wildman–Crippen LogP) is 5.87. The maximum Gasteiger partial charge on any atom is 0.247 e. The number of aromatic nitrogens is 1. The van der Waals surface area contributed by atoms with Crippen LogP contribution < -0.4 is 20.1 Å². The number of hydrogen-bond donors (Lipinski definition) is 1. The Morgan fingerprint density at radius 2 is 1.64 bits per heavy atom. The zero-order chi connectivity index (χ0) is 25.4. The molecule has 1 aromatic heterocycles. The van der Waals surface area contributed by atoms with Crippen molar-refractivity contribution in [3.8, 4) is 17.2 Å². The molecule has 7 nitrogen and oxygen atoms in total. The number of benzene rings is 3. The highest BCUT2D eigenvalue weighted by molar-refractivity contribution is 9.10. The smallest absolute Gasteiger partial charge is 0.247 e. The monoisotopic (exact) mass is 549 g/mol. The minimum Gasteiger partial charge on any atom is -0.495 e. The van der Waals surface area contributed by atoms with Crippen LogP contribution in [0.15, 0.2) is 77.4 Å². The molecule has 36 heavy (non-hydrogen) atoms. The number of amides is 2. The van der Waals surface area contributed by atoms with Crippen LogP contribution in [0, 0.1) is 11.2 Å². The van der Waals surface area contributed by atoms with Gasteiger partial charge in [-0.3, -0.25) is 19.5 Å². The maximum atomic E-state index is 13.6. The number of rotatable bonds is 7. The number of nitrogens with two attached hydrogens (primary N) is 1. The summed E-state index contributed by atoms with van der Waals surface area (Å²) in [5.41, 5.74) is 5.95. The van der Waals surface area contributed by atoms with Gasteiger partial charge in [0.2, 0.25) is 11.8 Å². The molecule has 9 heteroatoms. The van der Waals surface area contributed by atoms with Gasteiger partial charge in [-0.15, -0.1) is 0 Å². The van der Waals surface area contributed by atoms with Gasteiger partial charge in [0.1, 0.15) is 28.5 Å². The lowest BCUT2D eigenvalue weighted by atomic mass is 10.0. The Hall–Kier alpha value is -3.98. The third kappa shape index (κ3) is 4.26. The molecule has 0 atom stereocenters. The first-order chi connectivity index (χ1) is 17.3. The summed E-state index contributed by atoms with van der Waals surface area (Å²) < 4.78 is 25.8.